The van der Waals surface area contributed by atoms with E-state index >= 15 is 0 Å². The summed E-state index contributed by atoms with van der Waals surface area (Å²) in [5.41, 5.74) is 4.21. The molecule has 0 aliphatic rings. The van der Waals surface area contributed by atoms with Crippen LogP contribution in [0.4, 0.5) is 5.69 Å². The average molecular weight is 425 g/mol. The number of aromatic nitrogens is 1. The number of nitrogens with zero attached hydrogens (tertiary/aromatic N) is 1. The topological polar surface area (TPSA) is 55.1 Å². The van der Waals surface area contributed by atoms with Crippen LogP contribution in [-0.2, 0) is 0 Å². The molecule has 0 radical (unpaired) electrons. The zero-order valence-corrected chi connectivity index (χ0v) is 17.4. The summed E-state index contributed by atoms with van der Waals surface area (Å²) in [6.07, 6.45) is 0. The van der Waals surface area contributed by atoms with E-state index in [2.05, 4.69) is 24.1 Å². The number of fused-ring (bicyclic) bond motifs is 1. The Morgan fingerprint density at radius 1 is 1.00 bits per heavy atom. The molecule has 1 amide bonds. The highest BCUT2D eigenvalue weighted by molar-refractivity contribution is 6.34. The molecule has 0 saturated heterocycles. The minimum Gasteiger partial charge on any atom is -0.436 e. The zero-order valence-electron chi connectivity index (χ0n) is 15.9. The zero-order chi connectivity index (χ0) is 20.5. The first-order chi connectivity index (χ1) is 13.9. The van der Waals surface area contributed by atoms with Crippen LogP contribution in [0.2, 0.25) is 10.0 Å². The maximum Gasteiger partial charge on any atom is 0.257 e. The predicted molar refractivity (Wildman–Crippen MR) is 118 cm³/mol. The van der Waals surface area contributed by atoms with Crippen molar-refractivity contribution in [3.63, 3.8) is 0 Å². The number of hydrogen-bond donors (Lipinski definition) is 1. The number of oxazole rings is 1. The van der Waals surface area contributed by atoms with E-state index in [9.17, 15) is 4.79 Å². The van der Waals surface area contributed by atoms with Crippen LogP contribution in [0.15, 0.2) is 65.1 Å². The number of carbonyl (C=O) groups is 1. The predicted octanol–water partition coefficient (Wildman–Crippen LogP) is 7.18. The molecule has 0 spiro atoms. The largest absolute Gasteiger partial charge is 0.436 e. The molecule has 29 heavy (non-hydrogen) atoms. The lowest BCUT2D eigenvalue weighted by Gasteiger charge is -2.08. The highest BCUT2D eigenvalue weighted by atomic mass is 35.5. The van der Waals surface area contributed by atoms with Gasteiger partial charge in [-0.25, -0.2) is 4.98 Å². The Balaban J connectivity index is 1.67. The molecule has 4 rings (SSSR count). The summed E-state index contributed by atoms with van der Waals surface area (Å²) in [6.45, 7) is 4.26. The monoisotopic (exact) mass is 424 g/mol. The third-order valence-electron chi connectivity index (χ3n) is 4.65. The van der Waals surface area contributed by atoms with Crippen molar-refractivity contribution in [2.45, 2.75) is 19.8 Å². The summed E-state index contributed by atoms with van der Waals surface area (Å²) in [6, 6.07) is 18.0. The van der Waals surface area contributed by atoms with Gasteiger partial charge in [0, 0.05) is 5.69 Å². The number of anilines is 1. The van der Waals surface area contributed by atoms with Crippen molar-refractivity contribution in [2.75, 3.05) is 5.32 Å². The Morgan fingerprint density at radius 2 is 1.79 bits per heavy atom. The van der Waals surface area contributed by atoms with Gasteiger partial charge in [0.25, 0.3) is 5.91 Å². The Morgan fingerprint density at radius 3 is 2.55 bits per heavy atom. The van der Waals surface area contributed by atoms with Crippen LogP contribution in [0.5, 0.6) is 0 Å². The van der Waals surface area contributed by atoms with Crippen molar-refractivity contribution in [1.82, 2.24) is 4.98 Å². The van der Waals surface area contributed by atoms with E-state index in [0.717, 1.165) is 5.52 Å². The van der Waals surface area contributed by atoms with E-state index in [0.29, 0.717) is 44.3 Å². The van der Waals surface area contributed by atoms with Crippen LogP contribution in [0, 0.1) is 0 Å². The highest BCUT2D eigenvalue weighted by Gasteiger charge is 2.15. The summed E-state index contributed by atoms with van der Waals surface area (Å²) in [4.78, 5) is 17.1. The average Bonchev–Trinajstić information content (AvgIpc) is 3.12. The van der Waals surface area contributed by atoms with Gasteiger partial charge in [-0.3, -0.25) is 4.79 Å². The lowest BCUT2D eigenvalue weighted by Crippen LogP contribution is -2.12. The van der Waals surface area contributed by atoms with Crippen LogP contribution < -0.4 is 5.32 Å². The second kappa shape index (κ2) is 7.90. The van der Waals surface area contributed by atoms with Gasteiger partial charge < -0.3 is 9.73 Å². The van der Waals surface area contributed by atoms with E-state index in [1.807, 2.05) is 18.2 Å². The molecule has 3 aromatic carbocycles. The van der Waals surface area contributed by atoms with Crippen LogP contribution in [-0.4, -0.2) is 10.9 Å². The van der Waals surface area contributed by atoms with Gasteiger partial charge in [-0.2, -0.15) is 0 Å². The molecule has 0 aliphatic heterocycles. The molecule has 0 fully saturated rings. The smallest absolute Gasteiger partial charge is 0.257 e. The van der Waals surface area contributed by atoms with Gasteiger partial charge in [-0.15, -0.1) is 0 Å². The number of rotatable bonds is 4. The lowest BCUT2D eigenvalue weighted by atomic mass is 10.0. The van der Waals surface area contributed by atoms with E-state index in [1.165, 1.54) is 5.56 Å². The number of halogens is 2. The number of hydrogen-bond acceptors (Lipinski definition) is 3. The van der Waals surface area contributed by atoms with Crippen LogP contribution >= 0.6 is 23.2 Å². The van der Waals surface area contributed by atoms with Gasteiger partial charge in [0.1, 0.15) is 5.52 Å². The normalized spacial score (nSPS) is 11.2. The molecular formula is C23H18Cl2N2O2. The van der Waals surface area contributed by atoms with Crippen LogP contribution in [0.3, 0.4) is 0 Å². The van der Waals surface area contributed by atoms with E-state index in [-0.39, 0.29) is 5.91 Å². The summed E-state index contributed by atoms with van der Waals surface area (Å²) in [7, 11) is 0. The minimum atomic E-state index is -0.303. The third-order valence-corrected chi connectivity index (χ3v) is 5.31. The van der Waals surface area contributed by atoms with Gasteiger partial charge >= 0.3 is 0 Å². The van der Waals surface area contributed by atoms with Crippen molar-refractivity contribution in [1.29, 1.82) is 0 Å². The molecule has 4 nitrogen and oxygen atoms in total. The van der Waals surface area contributed by atoms with E-state index < -0.39 is 0 Å². The molecule has 4 aromatic rings. The lowest BCUT2D eigenvalue weighted by molar-refractivity contribution is 0.102. The standard InChI is InChI=1S/C23H18Cl2N2O2/c1-13(2)14-7-10-21-20(11-14)27-23(29-21)17-12-15(8-9-19(17)25)26-22(28)16-5-3-4-6-18(16)24/h3-13H,1-2H3,(H,26,28). The number of amides is 1. The molecule has 6 heteroatoms. The van der Waals surface area contributed by atoms with Crippen LogP contribution in [0.25, 0.3) is 22.6 Å². The van der Waals surface area contributed by atoms with Gasteiger partial charge in [0.05, 0.1) is 21.2 Å². The molecule has 0 unspecified atom stereocenters. The Hall–Kier alpha value is -2.82. The molecule has 0 bridgehead atoms. The molecule has 0 saturated carbocycles. The van der Waals surface area contributed by atoms with Crippen molar-refractivity contribution >= 4 is 45.9 Å². The van der Waals surface area contributed by atoms with Crippen molar-refractivity contribution < 1.29 is 9.21 Å². The quantitative estimate of drug-likeness (QED) is 0.377. The maximum atomic E-state index is 12.5. The van der Waals surface area contributed by atoms with Gasteiger partial charge in [-0.05, 0) is 53.9 Å². The fourth-order valence-corrected chi connectivity index (χ4v) is 3.45. The fraction of sp³-hybridized carbons (Fsp3) is 0.130. The summed E-state index contributed by atoms with van der Waals surface area (Å²) >= 11 is 12.5. The fourth-order valence-electron chi connectivity index (χ4n) is 3.03. The molecule has 0 atom stereocenters. The Labute approximate surface area is 178 Å². The Kier molecular flexibility index (Phi) is 5.31. The third kappa shape index (κ3) is 4.00. The van der Waals surface area contributed by atoms with Crippen molar-refractivity contribution in [2.24, 2.45) is 0 Å². The first kappa shape index (κ1) is 19.5. The van der Waals surface area contributed by atoms with Crippen LogP contribution in [0.1, 0.15) is 35.7 Å². The molecule has 1 heterocycles. The van der Waals surface area contributed by atoms with Gasteiger partial charge in [0.15, 0.2) is 5.58 Å². The first-order valence-corrected chi connectivity index (χ1v) is 9.94. The number of carbonyl (C=O) groups excluding carboxylic acids is 1. The second-order valence-corrected chi connectivity index (χ2v) is 7.84. The van der Waals surface area contributed by atoms with Gasteiger partial charge in [0.2, 0.25) is 5.89 Å². The van der Waals surface area contributed by atoms with Crippen molar-refractivity contribution in [3.8, 4) is 11.5 Å². The molecular weight excluding hydrogens is 407 g/mol. The van der Waals surface area contributed by atoms with E-state index in [4.69, 9.17) is 27.6 Å². The van der Waals surface area contributed by atoms with Gasteiger partial charge in [-0.1, -0.05) is 55.2 Å². The second-order valence-electron chi connectivity index (χ2n) is 7.03. The molecule has 0 aliphatic carbocycles. The molecule has 1 N–H and O–H groups in total. The molecule has 1 aromatic heterocycles. The highest BCUT2D eigenvalue weighted by Crippen LogP contribution is 2.33. The summed E-state index contributed by atoms with van der Waals surface area (Å²) in [5, 5.41) is 3.71. The number of benzene rings is 3. The maximum absolute atomic E-state index is 12.5. The van der Waals surface area contributed by atoms with E-state index in [1.54, 1.807) is 42.5 Å². The van der Waals surface area contributed by atoms with Crippen molar-refractivity contribution in [3.05, 3.63) is 81.8 Å². The SMILES string of the molecule is CC(C)c1ccc2oc(-c3cc(NC(=O)c4ccccc4Cl)ccc3Cl)nc2c1. The summed E-state index contributed by atoms with van der Waals surface area (Å²) < 4.78 is 5.90. The molecule has 146 valence electrons. The number of nitrogens with one attached hydrogen (secondary N) is 1. The summed E-state index contributed by atoms with van der Waals surface area (Å²) in [5.74, 6) is 0.495. The Bertz CT molecular complexity index is 1210. The minimum absolute atomic E-state index is 0.303. The first-order valence-electron chi connectivity index (χ1n) is 9.18.